The average molecular weight is 292 g/mol. The molecule has 0 fully saturated rings. The van der Waals surface area contributed by atoms with Crippen LogP contribution in [0, 0.1) is 0 Å². The maximum absolute atomic E-state index is 12.7. The van der Waals surface area contributed by atoms with Crippen LogP contribution in [0.5, 0.6) is 5.75 Å². The Morgan fingerprint density at radius 1 is 1.05 bits per heavy atom. The highest BCUT2D eigenvalue weighted by Crippen LogP contribution is 2.30. The second-order valence-corrected chi connectivity index (χ2v) is 4.74. The summed E-state index contributed by atoms with van der Waals surface area (Å²) in [5, 5.41) is 0. The first kappa shape index (κ1) is 15.5. The number of ether oxygens (including phenoxy) is 1. The molecule has 0 aliphatic rings. The molecule has 21 heavy (non-hydrogen) atoms. The van der Waals surface area contributed by atoms with Gasteiger partial charge in [-0.05, 0) is 24.8 Å². The minimum absolute atomic E-state index is 0.322. The van der Waals surface area contributed by atoms with E-state index < -0.39 is 11.7 Å². The van der Waals surface area contributed by atoms with Crippen molar-refractivity contribution in [3.8, 4) is 5.75 Å². The van der Waals surface area contributed by atoms with Crippen molar-refractivity contribution in [3.63, 3.8) is 0 Å². The molecule has 0 saturated heterocycles. The van der Waals surface area contributed by atoms with Crippen LogP contribution in [0.1, 0.15) is 18.1 Å². The van der Waals surface area contributed by atoms with Crippen molar-refractivity contribution in [3.05, 3.63) is 59.7 Å². The Morgan fingerprint density at radius 3 is 2.38 bits per heavy atom. The molecule has 0 radical (unpaired) electrons. The fraction of sp³-hybridized carbons (Fsp3) is 0.250. The maximum Gasteiger partial charge on any atom is 0.416 e. The van der Waals surface area contributed by atoms with Gasteiger partial charge in [0.25, 0.3) is 0 Å². The van der Waals surface area contributed by atoms with E-state index in [1.165, 1.54) is 6.07 Å². The van der Waals surface area contributed by atoms with E-state index >= 15 is 0 Å². The van der Waals surface area contributed by atoms with Crippen LogP contribution < -0.4 is 10.2 Å². The van der Waals surface area contributed by atoms with Crippen molar-refractivity contribution in [2.75, 3.05) is 6.61 Å². The van der Waals surface area contributed by atoms with E-state index in [0.717, 1.165) is 29.5 Å². The van der Waals surface area contributed by atoms with Gasteiger partial charge < -0.3 is 4.74 Å². The van der Waals surface area contributed by atoms with E-state index in [1.54, 1.807) is 6.92 Å². The minimum atomic E-state index is -4.34. The molecule has 0 unspecified atom stereocenters. The molecule has 0 aliphatic heterocycles. The zero-order valence-electron chi connectivity index (χ0n) is 11.8. The largest absolute Gasteiger partial charge is 0.494 e. The van der Waals surface area contributed by atoms with Crippen molar-refractivity contribution < 1.29 is 17.9 Å². The number of alkyl halides is 3. The Balaban J connectivity index is 2.18. The van der Waals surface area contributed by atoms with E-state index in [0.29, 0.717) is 19.6 Å². The standard InChI is InChI=1S/C16H16BF3O/c1-2-21-15-10-13(16(18,19)20)8-9-14(15)17-11-12-6-4-3-5-7-12/h3-10,17H,2,11H2,1H3. The van der Waals surface area contributed by atoms with Crippen LogP contribution in [0.15, 0.2) is 48.5 Å². The van der Waals surface area contributed by atoms with Crippen molar-refractivity contribution in [1.82, 2.24) is 0 Å². The first-order valence-electron chi connectivity index (χ1n) is 6.87. The van der Waals surface area contributed by atoms with E-state index in [1.807, 2.05) is 30.3 Å². The van der Waals surface area contributed by atoms with Gasteiger partial charge in [-0.1, -0.05) is 48.0 Å². The molecule has 1 nitrogen and oxygen atoms in total. The first-order valence-corrected chi connectivity index (χ1v) is 6.87. The van der Waals surface area contributed by atoms with Gasteiger partial charge in [-0.15, -0.1) is 0 Å². The molecular formula is C16H16BF3O. The third-order valence-electron chi connectivity index (χ3n) is 3.22. The lowest BCUT2D eigenvalue weighted by Gasteiger charge is -2.13. The minimum Gasteiger partial charge on any atom is -0.494 e. The molecular weight excluding hydrogens is 276 g/mol. The number of rotatable bonds is 5. The predicted molar refractivity (Wildman–Crippen MR) is 79.5 cm³/mol. The summed E-state index contributed by atoms with van der Waals surface area (Å²) in [4.78, 5) is 0. The maximum atomic E-state index is 12.7. The lowest BCUT2D eigenvalue weighted by Crippen LogP contribution is -2.21. The second-order valence-electron chi connectivity index (χ2n) is 4.74. The van der Waals surface area contributed by atoms with Crippen LogP contribution in [0.2, 0.25) is 0 Å². The Kier molecular flexibility index (Phi) is 4.94. The van der Waals surface area contributed by atoms with Crippen molar-refractivity contribution in [1.29, 1.82) is 0 Å². The van der Waals surface area contributed by atoms with Crippen molar-refractivity contribution >= 4 is 12.7 Å². The average Bonchev–Trinajstić information content (AvgIpc) is 2.46. The van der Waals surface area contributed by atoms with Crippen LogP contribution in [0.4, 0.5) is 13.2 Å². The van der Waals surface area contributed by atoms with Gasteiger partial charge in [0, 0.05) is 0 Å². The van der Waals surface area contributed by atoms with Crippen LogP contribution in [-0.2, 0) is 12.5 Å². The van der Waals surface area contributed by atoms with Crippen LogP contribution >= 0.6 is 0 Å². The molecule has 110 valence electrons. The van der Waals surface area contributed by atoms with Crippen molar-refractivity contribution in [2.24, 2.45) is 0 Å². The lowest BCUT2D eigenvalue weighted by atomic mass is 9.65. The van der Waals surface area contributed by atoms with Crippen LogP contribution in [0.25, 0.3) is 0 Å². The Hall–Kier alpha value is -1.91. The van der Waals surface area contributed by atoms with Crippen molar-refractivity contribution in [2.45, 2.75) is 19.4 Å². The molecule has 0 atom stereocenters. The molecule has 0 aromatic heterocycles. The summed E-state index contributed by atoms with van der Waals surface area (Å²) in [7, 11) is 0.650. The topological polar surface area (TPSA) is 9.23 Å². The van der Waals surface area contributed by atoms with Gasteiger partial charge in [0.2, 0.25) is 0 Å². The number of benzene rings is 2. The normalized spacial score (nSPS) is 11.2. The van der Waals surface area contributed by atoms with E-state index in [-0.39, 0.29) is 0 Å². The molecule has 2 rings (SSSR count). The molecule has 2 aromatic carbocycles. The number of halogens is 3. The summed E-state index contributed by atoms with van der Waals surface area (Å²) in [6.07, 6.45) is -3.57. The molecule has 5 heteroatoms. The summed E-state index contributed by atoms with van der Waals surface area (Å²) in [5.41, 5.74) is 1.28. The summed E-state index contributed by atoms with van der Waals surface area (Å²) < 4.78 is 43.6. The van der Waals surface area contributed by atoms with Gasteiger partial charge in [0.05, 0.1) is 12.2 Å². The van der Waals surface area contributed by atoms with Gasteiger partial charge in [-0.2, -0.15) is 13.2 Å². The zero-order chi connectivity index (χ0) is 15.3. The van der Waals surface area contributed by atoms with Crippen LogP contribution in [0.3, 0.4) is 0 Å². The highest BCUT2D eigenvalue weighted by Gasteiger charge is 2.31. The monoisotopic (exact) mass is 292 g/mol. The molecule has 0 heterocycles. The smallest absolute Gasteiger partial charge is 0.416 e. The summed E-state index contributed by atoms with van der Waals surface area (Å²) in [5.74, 6) is 0.322. The molecule has 0 saturated carbocycles. The fourth-order valence-corrected chi connectivity index (χ4v) is 2.15. The van der Waals surface area contributed by atoms with Gasteiger partial charge in [0.15, 0.2) is 7.28 Å². The highest BCUT2D eigenvalue weighted by molar-refractivity contribution is 6.54. The van der Waals surface area contributed by atoms with Gasteiger partial charge in [-0.25, -0.2) is 0 Å². The predicted octanol–water partition coefficient (Wildman–Crippen LogP) is 3.37. The van der Waals surface area contributed by atoms with E-state index in [9.17, 15) is 13.2 Å². The highest BCUT2D eigenvalue weighted by atomic mass is 19.4. The fourth-order valence-electron chi connectivity index (χ4n) is 2.15. The SMILES string of the molecule is CCOc1cc(C(F)(F)F)ccc1BCc1ccccc1. The molecule has 2 aromatic rings. The molecule has 0 aliphatic carbocycles. The third kappa shape index (κ3) is 4.28. The second kappa shape index (κ2) is 6.70. The van der Waals surface area contributed by atoms with E-state index in [2.05, 4.69) is 0 Å². The zero-order valence-corrected chi connectivity index (χ0v) is 11.8. The molecule has 0 spiro atoms. The number of hydrogen-bond donors (Lipinski definition) is 0. The summed E-state index contributed by atoms with van der Waals surface area (Å²) in [6, 6.07) is 13.6. The molecule has 0 amide bonds. The Labute approximate surface area is 123 Å². The molecule has 0 bridgehead atoms. The third-order valence-corrected chi connectivity index (χ3v) is 3.22. The Bertz CT molecular complexity index is 582. The van der Waals surface area contributed by atoms with E-state index in [4.69, 9.17) is 4.74 Å². The van der Waals surface area contributed by atoms with Gasteiger partial charge in [-0.3, -0.25) is 0 Å². The van der Waals surface area contributed by atoms with Crippen LogP contribution in [-0.4, -0.2) is 13.9 Å². The van der Waals surface area contributed by atoms with Gasteiger partial charge >= 0.3 is 6.18 Å². The van der Waals surface area contributed by atoms with Gasteiger partial charge in [0.1, 0.15) is 5.75 Å². The number of hydrogen-bond acceptors (Lipinski definition) is 1. The summed E-state index contributed by atoms with van der Waals surface area (Å²) in [6.45, 7) is 2.11. The Morgan fingerprint density at radius 2 is 1.76 bits per heavy atom. The molecule has 0 N–H and O–H groups in total. The summed E-state index contributed by atoms with van der Waals surface area (Å²) >= 11 is 0. The lowest BCUT2D eigenvalue weighted by molar-refractivity contribution is -0.137. The quantitative estimate of drug-likeness (QED) is 0.768. The first-order chi connectivity index (χ1) is 10.0.